The number of likely N-dealkylation sites (tertiary alicyclic amines) is 1. The Labute approximate surface area is 146 Å². The van der Waals surface area contributed by atoms with Gasteiger partial charge in [0.15, 0.2) is 5.96 Å². The normalized spacial score (nSPS) is 32.0. The summed E-state index contributed by atoms with van der Waals surface area (Å²) in [6, 6.07) is 0.482. The summed E-state index contributed by atoms with van der Waals surface area (Å²) in [5, 5.41) is 3.66. The molecule has 2 fully saturated rings. The Kier molecular flexibility index (Phi) is 5.80. The third kappa shape index (κ3) is 4.11. The molecule has 134 valence electrons. The lowest BCUT2D eigenvalue weighted by atomic mass is 9.83. The topological polar surface area (TPSA) is 45.5 Å². The van der Waals surface area contributed by atoms with Crippen LogP contribution in [-0.2, 0) is 0 Å². The molecule has 5 nitrogen and oxygen atoms in total. The van der Waals surface area contributed by atoms with E-state index in [0.717, 1.165) is 37.4 Å². The van der Waals surface area contributed by atoms with Crippen LogP contribution in [0.5, 0.6) is 0 Å². The van der Waals surface area contributed by atoms with Crippen LogP contribution in [-0.4, -0.2) is 47.1 Å². The van der Waals surface area contributed by atoms with Crippen molar-refractivity contribution in [2.45, 2.75) is 52.0 Å². The number of hydrogen-bond acceptors (Lipinski definition) is 2. The van der Waals surface area contributed by atoms with Crippen LogP contribution in [0.4, 0.5) is 0 Å². The predicted molar refractivity (Wildman–Crippen MR) is 99.1 cm³/mol. The second kappa shape index (κ2) is 8.04. The standard InChI is InChI=1S/C19H33N5/c1-15-4-6-17(7-5-15)12-22-19(20-3)23-10-8-16(2)18(13-23)24-11-9-21-14-24/h9,11,14-18H,4-8,10,12-13H2,1-3H3,(H,20,22). The van der Waals surface area contributed by atoms with Crippen LogP contribution < -0.4 is 5.32 Å². The van der Waals surface area contributed by atoms with E-state index in [1.165, 1.54) is 32.1 Å². The number of guanidine groups is 1. The first kappa shape index (κ1) is 17.3. The van der Waals surface area contributed by atoms with Gasteiger partial charge in [0.1, 0.15) is 0 Å². The summed E-state index contributed by atoms with van der Waals surface area (Å²) < 4.78 is 2.26. The fourth-order valence-electron chi connectivity index (χ4n) is 4.20. The van der Waals surface area contributed by atoms with Crippen LogP contribution in [0, 0.1) is 17.8 Å². The largest absolute Gasteiger partial charge is 0.356 e. The zero-order valence-electron chi connectivity index (χ0n) is 15.5. The molecule has 2 aliphatic rings. The molecule has 2 heterocycles. The number of nitrogens with one attached hydrogen (secondary N) is 1. The Morgan fingerprint density at radius 1 is 1.21 bits per heavy atom. The predicted octanol–water partition coefficient (Wildman–Crippen LogP) is 3.17. The minimum absolute atomic E-state index is 0.482. The second-order valence-electron chi connectivity index (χ2n) is 7.84. The van der Waals surface area contributed by atoms with E-state index < -0.39 is 0 Å². The van der Waals surface area contributed by atoms with Gasteiger partial charge in [-0.15, -0.1) is 0 Å². The molecule has 1 aliphatic carbocycles. The number of aromatic nitrogens is 2. The average molecular weight is 332 g/mol. The van der Waals surface area contributed by atoms with Crippen LogP contribution in [0.15, 0.2) is 23.7 Å². The summed E-state index contributed by atoms with van der Waals surface area (Å²) in [6.45, 7) is 7.91. The van der Waals surface area contributed by atoms with Gasteiger partial charge in [-0.2, -0.15) is 0 Å². The third-order valence-corrected chi connectivity index (χ3v) is 6.02. The molecule has 5 heteroatoms. The maximum absolute atomic E-state index is 4.56. The van der Waals surface area contributed by atoms with Crippen molar-refractivity contribution in [1.29, 1.82) is 0 Å². The lowest BCUT2D eigenvalue weighted by Crippen LogP contribution is -2.49. The minimum atomic E-state index is 0.482. The van der Waals surface area contributed by atoms with Gasteiger partial charge in [-0.05, 0) is 37.0 Å². The molecule has 1 saturated carbocycles. The smallest absolute Gasteiger partial charge is 0.193 e. The quantitative estimate of drug-likeness (QED) is 0.683. The monoisotopic (exact) mass is 331 g/mol. The Bertz CT molecular complexity index is 516. The maximum atomic E-state index is 4.56. The van der Waals surface area contributed by atoms with Crippen molar-refractivity contribution in [2.24, 2.45) is 22.7 Å². The van der Waals surface area contributed by atoms with Crippen molar-refractivity contribution in [3.05, 3.63) is 18.7 Å². The van der Waals surface area contributed by atoms with Crippen LogP contribution in [0.1, 0.15) is 52.0 Å². The van der Waals surface area contributed by atoms with Gasteiger partial charge in [0.2, 0.25) is 0 Å². The highest BCUT2D eigenvalue weighted by Gasteiger charge is 2.29. The van der Waals surface area contributed by atoms with Crippen molar-refractivity contribution >= 4 is 5.96 Å². The van der Waals surface area contributed by atoms with Crippen molar-refractivity contribution in [3.8, 4) is 0 Å². The van der Waals surface area contributed by atoms with E-state index in [2.05, 4.69) is 44.8 Å². The van der Waals surface area contributed by atoms with Crippen LogP contribution in [0.2, 0.25) is 0 Å². The maximum Gasteiger partial charge on any atom is 0.193 e. The Morgan fingerprint density at radius 2 is 2.00 bits per heavy atom. The van der Waals surface area contributed by atoms with E-state index in [0.29, 0.717) is 12.0 Å². The van der Waals surface area contributed by atoms with Gasteiger partial charge < -0.3 is 14.8 Å². The molecule has 2 atom stereocenters. The van der Waals surface area contributed by atoms with Gasteiger partial charge in [-0.3, -0.25) is 4.99 Å². The molecule has 1 aromatic rings. The summed E-state index contributed by atoms with van der Waals surface area (Å²) >= 11 is 0. The number of imidazole rings is 1. The highest BCUT2D eigenvalue weighted by molar-refractivity contribution is 5.80. The van der Waals surface area contributed by atoms with E-state index in [1.54, 1.807) is 0 Å². The number of hydrogen-bond donors (Lipinski definition) is 1. The zero-order chi connectivity index (χ0) is 16.9. The van der Waals surface area contributed by atoms with Crippen molar-refractivity contribution < 1.29 is 0 Å². The zero-order valence-corrected chi connectivity index (χ0v) is 15.5. The number of piperidine rings is 1. The van der Waals surface area contributed by atoms with Gasteiger partial charge in [0.05, 0.1) is 12.4 Å². The van der Waals surface area contributed by atoms with Gasteiger partial charge in [-0.25, -0.2) is 4.98 Å². The van der Waals surface area contributed by atoms with Gasteiger partial charge in [0.25, 0.3) is 0 Å². The van der Waals surface area contributed by atoms with Gasteiger partial charge in [0, 0.05) is 39.1 Å². The van der Waals surface area contributed by atoms with E-state index in [1.807, 2.05) is 19.6 Å². The lowest BCUT2D eigenvalue weighted by molar-refractivity contribution is 0.187. The summed E-state index contributed by atoms with van der Waals surface area (Å²) in [4.78, 5) is 11.2. The molecular weight excluding hydrogens is 298 g/mol. The number of rotatable bonds is 3. The van der Waals surface area contributed by atoms with E-state index >= 15 is 0 Å². The van der Waals surface area contributed by atoms with Crippen molar-refractivity contribution in [1.82, 2.24) is 19.8 Å². The molecule has 1 aromatic heterocycles. The molecule has 0 aromatic carbocycles. The highest BCUT2D eigenvalue weighted by atomic mass is 15.3. The van der Waals surface area contributed by atoms with E-state index in [-0.39, 0.29) is 0 Å². The molecule has 24 heavy (non-hydrogen) atoms. The first-order valence-corrected chi connectivity index (χ1v) is 9.60. The Hall–Kier alpha value is -1.52. The van der Waals surface area contributed by atoms with Crippen molar-refractivity contribution in [2.75, 3.05) is 26.7 Å². The van der Waals surface area contributed by atoms with Gasteiger partial charge >= 0.3 is 0 Å². The molecule has 1 aliphatic heterocycles. The Morgan fingerprint density at radius 3 is 2.67 bits per heavy atom. The fourth-order valence-corrected chi connectivity index (χ4v) is 4.20. The average Bonchev–Trinajstić information content (AvgIpc) is 3.12. The lowest BCUT2D eigenvalue weighted by Gasteiger charge is -2.39. The summed E-state index contributed by atoms with van der Waals surface area (Å²) in [5.41, 5.74) is 0. The Balaban J connectivity index is 1.55. The number of nitrogens with zero attached hydrogens (tertiary/aromatic N) is 4. The molecule has 3 rings (SSSR count). The summed E-state index contributed by atoms with van der Waals surface area (Å²) in [6.07, 6.45) is 12.6. The molecule has 0 radical (unpaired) electrons. The third-order valence-electron chi connectivity index (χ3n) is 6.02. The van der Waals surface area contributed by atoms with E-state index in [9.17, 15) is 0 Å². The molecule has 1 N–H and O–H groups in total. The van der Waals surface area contributed by atoms with Crippen LogP contribution in [0.3, 0.4) is 0 Å². The van der Waals surface area contributed by atoms with Crippen LogP contribution in [0.25, 0.3) is 0 Å². The highest BCUT2D eigenvalue weighted by Crippen LogP contribution is 2.29. The molecule has 0 bridgehead atoms. The van der Waals surface area contributed by atoms with Gasteiger partial charge in [-0.1, -0.05) is 26.7 Å². The SMILES string of the molecule is CN=C(NCC1CCC(C)CC1)N1CCC(C)C(n2ccnc2)C1. The molecule has 2 unspecified atom stereocenters. The van der Waals surface area contributed by atoms with E-state index in [4.69, 9.17) is 0 Å². The molecule has 1 saturated heterocycles. The molecular formula is C19H33N5. The first-order chi connectivity index (χ1) is 11.7. The first-order valence-electron chi connectivity index (χ1n) is 9.60. The number of aliphatic imine (C=N–C) groups is 1. The molecule has 0 spiro atoms. The second-order valence-corrected chi connectivity index (χ2v) is 7.84. The van der Waals surface area contributed by atoms with Crippen molar-refractivity contribution in [3.63, 3.8) is 0 Å². The summed E-state index contributed by atoms with van der Waals surface area (Å²) in [5.74, 6) is 3.48. The minimum Gasteiger partial charge on any atom is -0.356 e. The fraction of sp³-hybridized carbons (Fsp3) is 0.789. The molecule has 0 amide bonds. The summed E-state index contributed by atoms with van der Waals surface area (Å²) in [7, 11) is 1.91. The van der Waals surface area contributed by atoms with Crippen LogP contribution >= 0.6 is 0 Å².